The first kappa shape index (κ1) is 12.7. The minimum absolute atomic E-state index is 0.118. The van der Waals surface area contributed by atoms with Gasteiger partial charge >= 0.3 is 6.09 Å². The number of carbonyl (C=O) groups excluding carboxylic acids is 1. The standard InChI is InChI=1S/C13H24N2O2/c14-9-11-5-4-6-12(11)10-17-13(16)15-7-2-1-3-8-15/h11-12H,1-10,14H2. The van der Waals surface area contributed by atoms with Gasteiger partial charge in [0.25, 0.3) is 0 Å². The minimum atomic E-state index is -0.118. The summed E-state index contributed by atoms with van der Waals surface area (Å²) in [6.07, 6.45) is 6.94. The van der Waals surface area contributed by atoms with Crippen LogP contribution in [-0.4, -0.2) is 37.2 Å². The van der Waals surface area contributed by atoms with Crippen LogP contribution in [0.5, 0.6) is 0 Å². The largest absolute Gasteiger partial charge is 0.449 e. The van der Waals surface area contributed by atoms with E-state index in [-0.39, 0.29) is 6.09 Å². The van der Waals surface area contributed by atoms with Gasteiger partial charge in [0.05, 0.1) is 6.61 Å². The Morgan fingerprint density at radius 1 is 1.12 bits per heavy atom. The van der Waals surface area contributed by atoms with Crippen molar-refractivity contribution in [1.29, 1.82) is 0 Å². The van der Waals surface area contributed by atoms with Crippen molar-refractivity contribution in [1.82, 2.24) is 4.90 Å². The molecule has 1 amide bonds. The number of rotatable bonds is 3. The molecule has 2 rings (SSSR count). The van der Waals surface area contributed by atoms with Crippen LogP contribution in [0.25, 0.3) is 0 Å². The third-order valence-corrected chi connectivity index (χ3v) is 4.15. The Kier molecular flexibility index (Phi) is 4.66. The first-order valence-corrected chi connectivity index (χ1v) is 6.93. The van der Waals surface area contributed by atoms with Gasteiger partial charge in [-0.1, -0.05) is 6.42 Å². The average molecular weight is 240 g/mol. The van der Waals surface area contributed by atoms with E-state index >= 15 is 0 Å². The van der Waals surface area contributed by atoms with E-state index in [1.54, 1.807) is 0 Å². The summed E-state index contributed by atoms with van der Waals surface area (Å²) < 4.78 is 5.43. The summed E-state index contributed by atoms with van der Waals surface area (Å²) in [5.41, 5.74) is 5.72. The fraction of sp³-hybridized carbons (Fsp3) is 0.923. The lowest BCUT2D eigenvalue weighted by Gasteiger charge is -2.27. The highest BCUT2D eigenvalue weighted by Crippen LogP contribution is 2.31. The van der Waals surface area contributed by atoms with E-state index < -0.39 is 0 Å². The van der Waals surface area contributed by atoms with Gasteiger partial charge in [0, 0.05) is 13.1 Å². The molecular formula is C13H24N2O2. The third kappa shape index (κ3) is 3.35. The number of nitrogens with two attached hydrogens (primary N) is 1. The van der Waals surface area contributed by atoms with Crippen LogP contribution >= 0.6 is 0 Å². The van der Waals surface area contributed by atoms with Gasteiger partial charge in [-0.15, -0.1) is 0 Å². The number of amides is 1. The molecule has 2 unspecified atom stereocenters. The van der Waals surface area contributed by atoms with Crippen molar-refractivity contribution >= 4 is 6.09 Å². The number of hydrogen-bond donors (Lipinski definition) is 1. The van der Waals surface area contributed by atoms with Crippen molar-refractivity contribution < 1.29 is 9.53 Å². The Bertz CT molecular complexity index is 252. The van der Waals surface area contributed by atoms with Crippen LogP contribution in [0.4, 0.5) is 4.79 Å². The second kappa shape index (κ2) is 6.24. The summed E-state index contributed by atoms with van der Waals surface area (Å²) in [7, 11) is 0. The second-order valence-electron chi connectivity index (χ2n) is 5.31. The number of ether oxygens (including phenoxy) is 1. The van der Waals surface area contributed by atoms with Crippen LogP contribution < -0.4 is 5.73 Å². The molecule has 1 saturated heterocycles. The summed E-state index contributed by atoms with van der Waals surface area (Å²) in [4.78, 5) is 13.7. The molecule has 0 aromatic carbocycles. The molecule has 1 aliphatic heterocycles. The van der Waals surface area contributed by atoms with Crippen molar-refractivity contribution in [2.75, 3.05) is 26.2 Å². The highest BCUT2D eigenvalue weighted by Gasteiger charge is 2.28. The van der Waals surface area contributed by atoms with E-state index in [1.807, 2.05) is 4.90 Å². The monoisotopic (exact) mass is 240 g/mol. The minimum Gasteiger partial charge on any atom is -0.449 e. The van der Waals surface area contributed by atoms with E-state index in [0.29, 0.717) is 18.4 Å². The third-order valence-electron chi connectivity index (χ3n) is 4.15. The van der Waals surface area contributed by atoms with E-state index in [2.05, 4.69) is 0 Å². The fourth-order valence-electron chi connectivity index (χ4n) is 2.99. The van der Waals surface area contributed by atoms with Crippen molar-refractivity contribution in [3.05, 3.63) is 0 Å². The zero-order chi connectivity index (χ0) is 12.1. The molecule has 2 atom stereocenters. The molecule has 1 heterocycles. The van der Waals surface area contributed by atoms with E-state index in [0.717, 1.165) is 38.9 Å². The van der Waals surface area contributed by atoms with Gasteiger partial charge in [0.15, 0.2) is 0 Å². The number of piperidine rings is 1. The lowest BCUT2D eigenvalue weighted by molar-refractivity contribution is 0.0757. The first-order valence-electron chi connectivity index (χ1n) is 6.93. The molecule has 4 heteroatoms. The molecule has 0 bridgehead atoms. The Morgan fingerprint density at radius 2 is 1.82 bits per heavy atom. The maximum atomic E-state index is 11.8. The smallest absolute Gasteiger partial charge is 0.409 e. The molecule has 98 valence electrons. The fourth-order valence-corrected chi connectivity index (χ4v) is 2.99. The lowest BCUT2D eigenvalue weighted by atomic mass is 9.97. The molecule has 1 saturated carbocycles. The summed E-state index contributed by atoms with van der Waals surface area (Å²) in [6.45, 7) is 3.02. The van der Waals surface area contributed by atoms with Gasteiger partial charge in [-0.25, -0.2) is 4.79 Å². The van der Waals surface area contributed by atoms with Crippen LogP contribution in [0.15, 0.2) is 0 Å². The molecule has 0 aromatic rings. The number of nitrogens with zero attached hydrogens (tertiary/aromatic N) is 1. The topological polar surface area (TPSA) is 55.6 Å². The Balaban J connectivity index is 1.71. The maximum absolute atomic E-state index is 11.8. The molecule has 2 aliphatic rings. The highest BCUT2D eigenvalue weighted by molar-refractivity contribution is 5.67. The summed E-state index contributed by atoms with van der Waals surface area (Å²) in [5, 5.41) is 0. The number of hydrogen-bond acceptors (Lipinski definition) is 3. The summed E-state index contributed by atoms with van der Waals surface area (Å²) >= 11 is 0. The van der Waals surface area contributed by atoms with Gasteiger partial charge in [-0.05, 0) is 50.5 Å². The Morgan fingerprint density at radius 3 is 2.53 bits per heavy atom. The van der Waals surface area contributed by atoms with Gasteiger partial charge in [0.1, 0.15) is 0 Å². The quantitative estimate of drug-likeness (QED) is 0.820. The van der Waals surface area contributed by atoms with Crippen LogP contribution in [0, 0.1) is 11.8 Å². The molecule has 17 heavy (non-hydrogen) atoms. The zero-order valence-electron chi connectivity index (χ0n) is 10.6. The van der Waals surface area contributed by atoms with Crippen molar-refractivity contribution in [3.8, 4) is 0 Å². The predicted molar refractivity (Wildman–Crippen MR) is 66.7 cm³/mol. The Labute approximate surface area is 103 Å². The lowest BCUT2D eigenvalue weighted by Crippen LogP contribution is -2.37. The van der Waals surface area contributed by atoms with Crippen LogP contribution in [0.1, 0.15) is 38.5 Å². The van der Waals surface area contributed by atoms with Crippen molar-refractivity contribution in [2.24, 2.45) is 17.6 Å². The zero-order valence-corrected chi connectivity index (χ0v) is 10.6. The van der Waals surface area contributed by atoms with E-state index in [4.69, 9.17) is 10.5 Å². The second-order valence-corrected chi connectivity index (χ2v) is 5.31. The molecule has 2 fully saturated rings. The summed E-state index contributed by atoms with van der Waals surface area (Å²) in [5.74, 6) is 1.05. The normalized spacial score (nSPS) is 29.4. The molecule has 2 N–H and O–H groups in total. The Hall–Kier alpha value is -0.770. The van der Waals surface area contributed by atoms with Crippen molar-refractivity contribution in [2.45, 2.75) is 38.5 Å². The summed E-state index contributed by atoms with van der Waals surface area (Å²) in [6, 6.07) is 0. The van der Waals surface area contributed by atoms with Crippen molar-refractivity contribution in [3.63, 3.8) is 0 Å². The molecular weight excluding hydrogens is 216 g/mol. The maximum Gasteiger partial charge on any atom is 0.409 e. The van der Waals surface area contributed by atoms with Crippen LogP contribution in [0.3, 0.4) is 0 Å². The number of carbonyl (C=O) groups is 1. The molecule has 0 aromatic heterocycles. The number of likely N-dealkylation sites (tertiary alicyclic amines) is 1. The van der Waals surface area contributed by atoms with Gasteiger partial charge in [-0.3, -0.25) is 0 Å². The van der Waals surface area contributed by atoms with E-state index in [1.165, 1.54) is 19.3 Å². The molecule has 0 radical (unpaired) electrons. The first-order chi connectivity index (χ1) is 8.31. The van der Waals surface area contributed by atoms with Crippen LogP contribution in [-0.2, 0) is 4.74 Å². The molecule has 1 aliphatic carbocycles. The van der Waals surface area contributed by atoms with Crippen LogP contribution in [0.2, 0.25) is 0 Å². The molecule has 4 nitrogen and oxygen atoms in total. The van der Waals surface area contributed by atoms with Gasteiger partial charge in [0.2, 0.25) is 0 Å². The van der Waals surface area contributed by atoms with E-state index in [9.17, 15) is 4.79 Å². The van der Waals surface area contributed by atoms with Gasteiger partial charge in [-0.2, -0.15) is 0 Å². The van der Waals surface area contributed by atoms with Gasteiger partial charge < -0.3 is 15.4 Å². The highest BCUT2D eigenvalue weighted by atomic mass is 16.6. The molecule has 0 spiro atoms. The predicted octanol–water partition coefficient (Wildman–Crippen LogP) is 1.98. The SMILES string of the molecule is NCC1CCCC1COC(=O)N1CCCCC1. The average Bonchev–Trinajstić information content (AvgIpc) is 2.84.